The number of benzene rings is 1. The van der Waals surface area contributed by atoms with E-state index in [4.69, 9.17) is 9.26 Å². The first kappa shape index (κ1) is 17.5. The molecule has 0 spiro atoms. The number of alkyl carbamates (subject to hydrolysis) is 1. The van der Waals surface area contributed by atoms with Gasteiger partial charge in [0.1, 0.15) is 11.9 Å². The number of amides is 1. The second-order valence-corrected chi connectivity index (χ2v) is 7.97. The van der Waals surface area contributed by atoms with Crippen molar-refractivity contribution in [1.82, 2.24) is 5.32 Å². The molecule has 1 aliphatic rings. The third kappa shape index (κ3) is 3.57. The zero-order valence-corrected chi connectivity index (χ0v) is 14.1. The zero-order valence-electron chi connectivity index (χ0n) is 13.2. The number of rotatable bonds is 8. The van der Waals surface area contributed by atoms with Gasteiger partial charge in [0.05, 0.1) is 6.61 Å². The largest absolute Gasteiger partial charge is 0.445 e. The van der Waals surface area contributed by atoms with Crippen LogP contribution in [-0.4, -0.2) is 18.0 Å². The van der Waals surface area contributed by atoms with Crippen LogP contribution >= 0.6 is 7.37 Å². The van der Waals surface area contributed by atoms with E-state index in [0.29, 0.717) is 6.42 Å². The monoisotopic (exact) mass is 335 g/mol. The third-order valence-corrected chi connectivity index (χ3v) is 6.78. The second-order valence-electron chi connectivity index (χ2n) is 5.35. The van der Waals surface area contributed by atoms with Gasteiger partial charge in [-0.25, -0.2) is 4.79 Å². The van der Waals surface area contributed by atoms with Crippen LogP contribution in [0.25, 0.3) is 0 Å². The second kappa shape index (κ2) is 7.16. The molecule has 1 saturated carbocycles. The Hall–Kier alpha value is -1.84. The fourth-order valence-electron chi connectivity index (χ4n) is 2.59. The van der Waals surface area contributed by atoms with Crippen LogP contribution in [0.4, 0.5) is 4.79 Å². The van der Waals surface area contributed by atoms with Crippen molar-refractivity contribution in [1.29, 1.82) is 0 Å². The van der Waals surface area contributed by atoms with Crippen molar-refractivity contribution in [3.05, 3.63) is 60.9 Å². The maximum atomic E-state index is 13.0. The number of hydrogen-bond donors (Lipinski definition) is 1. The summed E-state index contributed by atoms with van der Waals surface area (Å²) in [7, 11) is -3.23. The zero-order chi connectivity index (χ0) is 16.9. The molecular weight excluding hydrogens is 313 g/mol. The van der Waals surface area contributed by atoms with Crippen LogP contribution in [0.2, 0.25) is 0 Å². The van der Waals surface area contributed by atoms with Gasteiger partial charge in [0.15, 0.2) is 0 Å². The lowest BCUT2D eigenvalue weighted by Gasteiger charge is -2.26. The normalized spacial score (nSPS) is 25.0. The van der Waals surface area contributed by atoms with Crippen LogP contribution in [0.5, 0.6) is 0 Å². The van der Waals surface area contributed by atoms with Gasteiger partial charge in [-0.3, -0.25) is 4.57 Å². The van der Waals surface area contributed by atoms with Crippen molar-refractivity contribution in [2.75, 3.05) is 6.61 Å². The van der Waals surface area contributed by atoms with Gasteiger partial charge >= 0.3 is 6.09 Å². The summed E-state index contributed by atoms with van der Waals surface area (Å²) in [6, 6.07) is 9.35. The summed E-state index contributed by atoms with van der Waals surface area (Å²) in [6.45, 7) is 9.51. The summed E-state index contributed by atoms with van der Waals surface area (Å²) in [6.07, 6.45) is 1.55. The van der Waals surface area contributed by atoms with E-state index < -0.39 is 18.7 Å². The molecule has 0 aromatic heterocycles. The smallest absolute Gasteiger partial charge is 0.408 e. The first-order valence-electron chi connectivity index (χ1n) is 7.50. The Morgan fingerprint density at radius 2 is 2.13 bits per heavy atom. The molecule has 0 radical (unpaired) electrons. The summed E-state index contributed by atoms with van der Waals surface area (Å²) in [5.41, 5.74) is 0.879. The van der Waals surface area contributed by atoms with E-state index in [1.54, 1.807) is 13.0 Å². The van der Waals surface area contributed by atoms with Crippen LogP contribution < -0.4 is 5.32 Å². The Kier molecular flexibility index (Phi) is 5.45. The minimum atomic E-state index is -3.23. The van der Waals surface area contributed by atoms with Gasteiger partial charge in [-0.05, 0) is 24.7 Å². The van der Waals surface area contributed by atoms with E-state index in [2.05, 4.69) is 18.5 Å². The molecule has 1 aromatic rings. The maximum absolute atomic E-state index is 13.0. The van der Waals surface area contributed by atoms with Crippen molar-refractivity contribution < 1.29 is 18.6 Å². The Labute approximate surface area is 136 Å². The van der Waals surface area contributed by atoms with Crippen LogP contribution in [-0.2, 0) is 20.4 Å². The minimum absolute atomic E-state index is 0.123. The van der Waals surface area contributed by atoms with Gasteiger partial charge in [-0.2, -0.15) is 0 Å². The molecule has 124 valence electrons. The van der Waals surface area contributed by atoms with Gasteiger partial charge in [-0.1, -0.05) is 43.0 Å². The average molecular weight is 335 g/mol. The fraction of sp³-hybridized carbons (Fsp3) is 0.353. The summed E-state index contributed by atoms with van der Waals surface area (Å²) in [5, 5.41) is 1.74. The van der Waals surface area contributed by atoms with Crippen molar-refractivity contribution in [3.8, 4) is 0 Å². The molecule has 6 heteroatoms. The van der Waals surface area contributed by atoms with Gasteiger partial charge in [-0.15, -0.1) is 6.58 Å². The molecule has 1 fully saturated rings. The lowest BCUT2D eigenvalue weighted by Crippen LogP contribution is -2.38. The molecule has 2 rings (SSSR count). The quantitative estimate of drug-likeness (QED) is 0.569. The number of nitrogens with one attached hydrogen (secondary N) is 1. The molecule has 23 heavy (non-hydrogen) atoms. The van der Waals surface area contributed by atoms with Crippen molar-refractivity contribution >= 4 is 13.5 Å². The summed E-state index contributed by atoms with van der Waals surface area (Å²) < 4.78 is 23.6. The lowest BCUT2D eigenvalue weighted by atomic mass is 10.2. The Bertz CT molecular complexity index is 631. The van der Waals surface area contributed by atoms with E-state index in [1.165, 1.54) is 5.82 Å². The SMILES string of the molecule is C=CC1CC1(NC(=O)OCc1ccccc1)P(=O)(C=C)OCC. The van der Waals surface area contributed by atoms with Crippen LogP contribution in [0.1, 0.15) is 18.9 Å². The molecular formula is C17H22NO4P. The third-order valence-electron chi connectivity index (χ3n) is 3.92. The van der Waals surface area contributed by atoms with Crippen molar-refractivity contribution in [2.24, 2.45) is 5.92 Å². The molecule has 3 atom stereocenters. The van der Waals surface area contributed by atoms with Gasteiger partial charge in [0.25, 0.3) is 0 Å². The summed E-state index contributed by atoms with van der Waals surface area (Å²) >= 11 is 0. The van der Waals surface area contributed by atoms with E-state index in [-0.39, 0.29) is 19.1 Å². The fourth-order valence-corrected chi connectivity index (χ4v) is 4.90. The van der Waals surface area contributed by atoms with E-state index in [0.717, 1.165) is 5.56 Å². The molecule has 0 aliphatic heterocycles. The highest BCUT2D eigenvalue weighted by Gasteiger charge is 2.65. The van der Waals surface area contributed by atoms with E-state index in [9.17, 15) is 9.36 Å². The molecule has 0 saturated heterocycles. The average Bonchev–Trinajstić information content (AvgIpc) is 3.29. The highest BCUT2D eigenvalue weighted by Crippen LogP contribution is 2.72. The van der Waals surface area contributed by atoms with Crippen molar-refractivity contribution in [3.63, 3.8) is 0 Å². The first-order valence-corrected chi connectivity index (χ1v) is 9.20. The first-order chi connectivity index (χ1) is 11.0. The topological polar surface area (TPSA) is 64.6 Å². The molecule has 1 N–H and O–H groups in total. The molecule has 1 aliphatic carbocycles. The lowest BCUT2D eigenvalue weighted by molar-refractivity contribution is 0.136. The summed E-state index contributed by atoms with van der Waals surface area (Å²) in [4.78, 5) is 12.1. The minimum Gasteiger partial charge on any atom is -0.445 e. The van der Waals surface area contributed by atoms with E-state index in [1.807, 2.05) is 30.3 Å². The molecule has 0 heterocycles. The molecule has 5 nitrogen and oxygen atoms in total. The highest BCUT2D eigenvalue weighted by molar-refractivity contribution is 7.64. The summed E-state index contributed by atoms with van der Waals surface area (Å²) in [5.74, 6) is 1.18. The molecule has 3 unspecified atom stereocenters. The highest BCUT2D eigenvalue weighted by atomic mass is 31.2. The Morgan fingerprint density at radius 3 is 2.65 bits per heavy atom. The van der Waals surface area contributed by atoms with Crippen LogP contribution in [0.15, 0.2) is 55.4 Å². The maximum Gasteiger partial charge on any atom is 0.408 e. The standard InChI is InChI=1S/C17H22NO4P/c1-4-15-12-17(15,23(20,6-3)22-5-2)18-16(19)21-13-14-10-8-7-9-11-14/h4,6-11,15H,1,3,5,12-13H2,2H3,(H,18,19). The van der Waals surface area contributed by atoms with Gasteiger partial charge in [0.2, 0.25) is 7.37 Å². The predicted molar refractivity (Wildman–Crippen MR) is 90.2 cm³/mol. The van der Waals surface area contributed by atoms with Gasteiger partial charge < -0.3 is 14.6 Å². The van der Waals surface area contributed by atoms with Crippen molar-refractivity contribution in [2.45, 2.75) is 25.2 Å². The molecule has 1 aromatic carbocycles. The number of carbonyl (C=O) groups excluding carboxylic acids is 1. The molecule has 0 bridgehead atoms. The van der Waals surface area contributed by atoms with Crippen LogP contribution in [0.3, 0.4) is 0 Å². The van der Waals surface area contributed by atoms with Gasteiger partial charge in [0, 0.05) is 5.92 Å². The Morgan fingerprint density at radius 1 is 1.43 bits per heavy atom. The predicted octanol–water partition coefficient (Wildman–Crippen LogP) is 4.27. The Balaban J connectivity index is 2.05. The number of hydrogen-bond acceptors (Lipinski definition) is 4. The molecule has 1 amide bonds. The van der Waals surface area contributed by atoms with E-state index >= 15 is 0 Å². The number of ether oxygens (including phenoxy) is 1. The number of carbonyl (C=O) groups is 1. The van der Waals surface area contributed by atoms with Crippen LogP contribution in [0, 0.1) is 5.92 Å².